The number of unbranched alkanes of at least 4 members (excludes halogenated alkanes) is 6. The topological polar surface area (TPSA) is 29.1 Å². The Balaban J connectivity index is 3.16. The van der Waals surface area contributed by atoms with E-state index in [1.165, 1.54) is 25.7 Å². The van der Waals surface area contributed by atoms with Crippen LogP contribution >= 0.6 is 0 Å². The fourth-order valence-corrected chi connectivity index (χ4v) is 1.56. The van der Waals surface area contributed by atoms with Gasteiger partial charge in [-0.2, -0.15) is 0 Å². The molecule has 0 fully saturated rings. The van der Waals surface area contributed by atoms with Gasteiger partial charge < -0.3 is 5.32 Å². The van der Waals surface area contributed by atoms with Crippen LogP contribution in [0.1, 0.15) is 64.7 Å². The van der Waals surface area contributed by atoms with E-state index in [1.54, 1.807) is 0 Å². The Kier molecular flexibility index (Phi) is 11.4. The van der Waals surface area contributed by atoms with Gasteiger partial charge in [-0.3, -0.25) is 4.79 Å². The van der Waals surface area contributed by atoms with Crippen molar-refractivity contribution in [3.8, 4) is 12.3 Å². The summed E-state index contributed by atoms with van der Waals surface area (Å²) >= 11 is 0. The quantitative estimate of drug-likeness (QED) is 0.447. The van der Waals surface area contributed by atoms with Crippen molar-refractivity contribution in [1.29, 1.82) is 0 Å². The Bertz CT molecular complexity index is 205. The number of carbonyl (C=O) groups is 1. The molecule has 0 aromatic carbocycles. The Morgan fingerprint density at radius 1 is 1.12 bits per heavy atom. The van der Waals surface area contributed by atoms with Crippen LogP contribution < -0.4 is 5.32 Å². The number of hydrogen-bond donors (Lipinski definition) is 1. The van der Waals surface area contributed by atoms with Crippen molar-refractivity contribution in [2.24, 2.45) is 0 Å². The summed E-state index contributed by atoms with van der Waals surface area (Å²) in [5.41, 5.74) is 0. The number of terminal acetylenes is 1. The van der Waals surface area contributed by atoms with Gasteiger partial charge in [0.2, 0.25) is 5.91 Å². The minimum Gasteiger partial charge on any atom is -0.356 e. The van der Waals surface area contributed by atoms with Gasteiger partial charge in [-0.1, -0.05) is 32.6 Å². The summed E-state index contributed by atoms with van der Waals surface area (Å²) in [5.74, 6) is 2.79. The zero-order chi connectivity index (χ0) is 12.1. The van der Waals surface area contributed by atoms with Crippen molar-refractivity contribution in [1.82, 2.24) is 5.32 Å². The fourth-order valence-electron chi connectivity index (χ4n) is 1.56. The first-order chi connectivity index (χ1) is 7.81. The van der Waals surface area contributed by atoms with Crippen LogP contribution in [0.5, 0.6) is 0 Å². The van der Waals surface area contributed by atoms with Gasteiger partial charge >= 0.3 is 0 Å². The number of amides is 1. The van der Waals surface area contributed by atoms with E-state index in [9.17, 15) is 4.79 Å². The molecule has 1 N–H and O–H groups in total. The van der Waals surface area contributed by atoms with Crippen LogP contribution in [0.4, 0.5) is 0 Å². The molecule has 0 aliphatic carbocycles. The summed E-state index contributed by atoms with van der Waals surface area (Å²) in [4.78, 5) is 11.4. The third-order valence-corrected chi connectivity index (χ3v) is 2.58. The summed E-state index contributed by atoms with van der Waals surface area (Å²) in [6.07, 6.45) is 14.6. The second-order valence-corrected chi connectivity index (χ2v) is 4.18. The maximum absolute atomic E-state index is 11.4. The lowest BCUT2D eigenvalue weighted by Gasteiger charge is -2.04. The van der Waals surface area contributed by atoms with E-state index in [0.29, 0.717) is 6.42 Å². The third kappa shape index (κ3) is 11.1. The van der Waals surface area contributed by atoms with Gasteiger partial charge in [0.1, 0.15) is 0 Å². The highest BCUT2D eigenvalue weighted by molar-refractivity contribution is 5.75. The molecule has 0 unspecified atom stereocenters. The molecular formula is C14H25NO. The monoisotopic (exact) mass is 223 g/mol. The molecule has 0 rings (SSSR count). The molecule has 16 heavy (non-hydrogen) atoms. The first-order valence-corrected chi connectivity index (χ1v) is 6.51. The molecule has 0 bridgehead atoms. The van der Waals surface area contributed by atoms with Gasteiger partial charge in [-0.15, -0.1) is 12.3 Å². The van der Waals surface area contributed by atoms with E-state index in [2.05, 4.69) is 18.2 Å². The number of hydrogen-bond acceptors (Lipinski definition) is 1. The number of nitrogens with one attached hydrogen (secondary N) is 1. The zero-order valence-corrected chi connectivity index (χ0v) is 10.6. The largest absolute Gasteiger partial charge is 0.356 e. The standard InChI is InChI=1S/C14H25NO/c1-3-5-7-9-10-12-14(16)15-13-11-8-6-4-2/h2H,3,5-13H2,1H3,(H,15,16). The molecule has 0 aliphatic heterocycles. The van der Waals surface area contributed by atoms with Crippen LogP contribution in [0, 0.1) is 12.3 Å². The van der Waals surface area contributed by atoms with Gasteiger partial charge in [0.05, 0.1) is 0 Å². The van der Waals surface area contributed by atoms with Gasteiger partial charge in [-0.25, -0.2) is 0 Å². The van der Waals surface area contributed by atoms with Crippen molar-refractivity contribution in [2.45, 2.75) is 64.7 Å². The summed E-state index contributed by atoms with van der Waals surface area (Å²) in [5, 5.41) is 2.92. The summed E-state index contributed by atoms with van der Waals surface area (Å²) in [6.45, 7) is 2.97. The molecule has 2 heteroatoms. The van der Waals surface area contributed by atoms with Gasteiger partial charge in [-0.05, 0) is 19.3 Å². The highest BCUT2D eigenvalue weighted by atomic mass is 16.1. The van der Waals surface area contributed by atoms with Crippen LogP contribution in [0.3, 0.4) is 0 Å². The normalized spacial score (nSPS) is 9.75. The van der Waals surface area contributed by atoms with Gasteiger partial charge in [0.25, 0.3) is 0 Å². The lowest BCUT2D eigenvalue weighted by atomic mass is 10.1. The Morgan fingerprint density at radius 2 is 1.88 bits per heavy atom. The molecule has 0 aliphatic rings. The van der Waals surface area contributed by atoms with Gasteiger partial charge in [0.15, 0.2) is 0 Å². The highest BCUT2D eigenvalue weighted by Crippen LogP contribution is 2.04. The maximum Gasteiger partial charge on any atom is 0.219 e. The minimum atomic E-state index is 0.192. The van der Waals surface area contributed by atoms with Crippen LogP contribution in [-0.4, -0.2) is 12.5 Å². The molecule has 0 saturated heterocycles. The fraction of sp³-hybridized carbons (Fsp3) is 0.786. The lowest BCUT2D eigenvalue weighted by molar-refractivity contribution is -0.121. The van der Waals surface area contributed by atoms with E-state index in [0.717, 1.165) is 32.2 Å². The molecule has 0 atom stereocenters. The summed E-state index contributed by atoms with van der Waals surface area (Å²) in [6, 6.07) is 0. The Morgan fingerprint density at radius 3 is 2.56 bits per heavy atom. The first kappa shape index (κ1) is 15.0. The summed E-state index contributed by atoms with van der Waals surface area (Å²) < 4.78 is 0. The predicted molar refractivity (Wildman–Crippen MR) is 69.1 cm³/mol. The highest BCUT2D eigenvalue weighted by Gasteiger charge is 1.99. The average molecular weight is 223 g/mol. The SMILES string of the molecule is C#CCCCCNC(=O)CCCCCCC. The van der Waals surface area contributed by atoms with Crippen molar-refractivity contribution in [3.05, 3.63) is 0 Å². The molecule has 2 nitrogen and oxygen atoms in total. The molecule has 0 aromatic rings. The maximum atomic E-state index is 11.4. The van der Waals surface area contributed by atoms with E-state index < -0.39 is 0 Å². The van der Waals surface area contributed by atoms with Crippen LogP contribution in [0.15, 0.2) is 0 Å². The number of rotatable bonds is 10. The van der Waals surface area contributed by atoms with Gasteiger partial charge in [0, 0.05) is 19.4 Å². The zero-order valence-electron chi connectivity index (χ0n) is 10.6. The molecule has 0 heterocycles. The lowest BCUT2D eigenvalue weighted by Crippen LogP contribution is -2.23. The third-order valence-electron chi connectivity index (χ3n) is 2.58. The summed E-state index contributed by atoms with van der Waals surface area (Å²) in [7, 11) is 0. The number of carbonyl (C=O) groups excluding carboxylic acids is 1. The second-order valence-electron chi connectivity index (χ2n) is 4.18. The minimum absolute atomic E-state index is 0.192. The second kappa shape index (κ2) is 12.1. The molecular weight excluding hydrogens is 198 g/mol. The van der Waals surface area contributed by atoms with Crippen LogP contribution in [-0.2, 0) is 4.79 Å². The Labute approximate surface area is 100 Å². The van der Waals surface area contributed by atoms with E-state index in [1.807, 2.05) is 0 Å². The molecule has 0 saturated carbocycles. The molecule has 0 aromatic heterocycles. The van der Waals surface area contributed by atoms with Crippen molar-refractivity contribution in [3.63, 3.8) is 0 Å². The predicted octanol–water partition coefficient (Wildman–Crippen LogP) is 3.27. The van der Waals surface area contributed by atoms with E-state index in [-0.39, 0.29) is 5.91 Å². The smallest absolute Gasteiger partial charge is 0.219 e. The molecule has 0 spiro atoms. The first-order valence-electron chi connectivity index (χ1n) is 6.51. The molecule has 92 valence electrons. The Hall–Kier alpha value is -0.970. The van der Waals surface area contributed by atoms with Crippen molar-refractivity contribution in [2.75, 3.05) is 6.54 Å². The van der Waals surface area contributed by atoms with Crippen LogP contribution in [0.2, 0.25) is 0 Å². The average Bonchev–Trinajstić information content (AvgIpc) is 2.28. The van der Waals surface area contributed by atoms with E-state index >= 15 is 0 Å². The molecule has 0 radical (unpaired) electrons. The van der Waals surface area contributed by atoms with Crippen molar-refractivity contribution >= 4 is 5.91 Å². The van der Waals surface area contributed by atoms with Crippen molar-refractivity contribution < 1.29 is 4.79 Å². The van der Waals surface area contributed by atoms with E-state index in [4.69, 9.17) is 6.42 Å². The van der Waals surface area contributed by atoms with Crippen LogP contribution in [0.25, 0.3) is 0 Å². The molecule has 1 amide bonds.